The van der Waals surface area contributed by atoms with Gasteiger partial charge in [0.2, 0.25) is 0 Å². The van der Waals surface area contributed by atoms with E-state index in [2.05, 4.69) is 10.1 Å². The molecule has 2 aromatic rings. The fourth-order valence-corrected chi connectivity index (χ4v) is 1.98. The molecule has 0 bridgehead atoms. The van der Waals surface area contributed by atoms with Crippen molar-refractivity contribution in [3.63, 3.8) is 0 Å². The van der Waals surface area contributed by atoms with Crippen molar-refractivity contribution in [3.05, 3.63) is 41.0 Å². The molecule has 0 radical (unpaired) electrons. The maximum Gasteiger partial charge on any atom is 0.336 e. The largest absolute Gasteiger partial charge is 0.483 e. The van der Waals surface area contributed by atoms with E-state index in [1.54, 1.807) is 25.1 Å². The number of aromatic nitrogens is 2. The molecule has 0 spiro atoms. The number of benzene rings is 1. The van der Waals surface area contributed by atoms with Gasteiger partial charge < -0.3 is 14.4 Å². The molecular formula is C14H14N2O4. The minimum Gasteiger partial charge on any atom is -0.483 e. The van der Waals surface area contributed by atoms with Crippen LogP contribution in [0.2, 0.25) is 0 Å². The summed E-state index contributed by atoms with van der Waals surface area (Å²) < 4.78 is 10.7. The fourth-order valence-electron chi connectivity index (χ4n) is 1.98. The molecule has 1 heterocycles. The van der Waals surface area contributed by atoms with Gasteiger partial charge in [-0.2, -0.15) is 4.98 Å². The summed E-state index contributed by atoms with van der Waals surface area (Å²) >= 11 is 0. The van der Waals surface area contributed by atoms with Crippen LogP contribution in [0.5, 0.6) is 5.75 Å². The first-order valence-electron chi connectivity index (χ1n) is 6.43. The summed E-state index contributed by atoms with van der Waals surface area (Å²) in [4.78, 5) is 15.3. The van der Waals surface area contributed by atoms with Gasteiger partial charge >= 0.3 is 5.97 Å². The Labute approximate surface area is 115 Å². The molecule has 6 nitrogen and oxygen atoms in total. The van der Waals surface area contributed by atoms with Crippen LogP contribution in [0.15, 0.2) is 22.7 Å². The van der Waals surface area contributed by atoms with Crippen LogP contribution in [0.4, 0.5) is 0 Å². The highest BCUT2D eigenvalue weighted by Crippen LogP contribution is 2.38. The third kappa shape index (κ3) is 2.49. The van der Waals surface area contributed by atoms with E-state index in [0.717, 1.165) is 18.7 Å². The molecule has 1 aromatic heterocycles. The van der Waals surface area contributed by atoms with E-state index in [0.29, 0.717) is 23.1 Å². The van der Waals surface area contributed by atoms with Gasteiger partial charge in [-0.15, -0.1) is 0 Å². The van der Waals surface area contributed by atoms with Gasteiger partial charge in [0.05, 0.1) is 5.56 Å². The Morgan fingerprint density at radius 2 is 2.30 bits per heavy atom. The molecule has 0 amide bonds. The van der Waals surface area contributed by atoms with Crippen LogP contribution in [-0.2, 0) is 6.61 Å². The topological polar surface area (TPSA) is 85.5 Å². The van der Waals surface area contributed by atoms with Gasteiger partial charge in [-0.05, 0) is 31.9 Å². The normalized spacial score (nSPS) is 14.2. The average Bonchev–Trinajstić information content (AvgIpc) is 3.17. The Bertz CT molecular complexity index is 646. The Balaban J connectivity index is 1.71. The lowest BCUT2D eigenvalue weighted by Crippen LogP contribution is -2.03. The van der Waals surface area contributed by atoms with Crippen LogP contribution in [-0.4, -0.2) is 21.2 Å². The SMILES string of the molecule is Cc1c(OCc2nc(C3CC3)no2)cccc1C(=O)O. The van der Waals surface area contributed by atoms with Crippen molar-refractivity contribution < 1.29 is 19.2 Å². The summed E-state index contributed by atoms with van der Waals surface area (Å²) in [6.07, 6.45) is 2.22. The van der Waals surface area contributed by atoms with Crippen LogP contribution in [0.3, 0.4) is 0 Å². The first kappa shape index (κ1) is 12.7. The molecule has 1 aromatic carbocycles. The Morgan fingerprint density at radius 1 is 1.50 bits per heavy atom. The lowest BCUT2D eigenvalue weighted by Gasteiger charge is -2.08. The van der Waals surface area contributed by atoms with E-state index < -0.39 is 5.97 Å². The number of hydrogen-bond acceptors (Lipinski definition) is 5. The van der Waals surface area contributed by atoms with Crippen molar-refractivity contribution in [3.8, 4) is 5.75 Å². The molecular weight excluding hydrogens is 260 g/mol. The molecule has 0 atom stereocenters. The van der Waals surface area contributed by atoms with E-state index in [1.165, 1.54) is 0 Å². The maximum absolute atomic E-state index is 11.0. The summed E-state index contributed by atoms with van der Waals surface area (Å²) in [7, 11) is 0. The highest BCUT2D eigenvalue weighted by Gasteiger charge is 2.28. The Hall–Kier alpha value is -2.37. The maximum atomic E-state index is 11.0. The smallest absolute Gasteiger partial charge is 0.336 e. The lowest BCUT2D eigenvalue weighted by molar-refractivity contribution is 0.0695. The third-order valence-corrected chi connectivity index (χ3v) is 3.29. The molecule has 0 unspecified atom stereocenters. The highest BCUT2D eigenvalue weighted by molar-refractivity contribution is 5.90. The van der Waals surface area contributed by atoms with Gasteiger partial charge in [0.1, 0.15) is 5.75 Å². The molecule has 104 valence electrons. The monoisotopic (exact) mass is 274 g/mol. The number of carboxylic acid groups (broad SMARTS) is 1. The van der Waals surface area contributed by atoms with E-state index >= 15 is 0 Å². The molecule has 20 heavy (non-hydrogen) atoms. The quantitative estimate of drug-likeness (QED) is 0.901. The fraction of sp³-hybridized carbons (Fsp3) is 0.357. The van der Waals surface area contributed by atoms with Gasteiger partial charge in [0.15, 0.2) is 12.4 Å². The second-order valence-corrected chi connectivity index (χ2v) is 4.84. The molecule has 1 saturated carbocycles. The van der Waals surface area contributed by atoms with Crippen LogP contribution >= 0.6 is 0 Å². The van der Waals surface area contributed by atoms with E-state index in [9.17, 15) is 4.79 Å². The van der Waals surface area contributed by atoms with Gasteiger partial charge in [-0.25, -0.2) is 4.79 Å². The molecule has 1 N–H and O–H groups in total. The number of carbonyl (C=O) groups is 1. The number of rotatable bonds is 5. The molecule has 6 heteroatoms. The molecule has 0 aliphatic heterocycles. The standard InChI is InChI=1S/C14H14N2O4/c1-8-10(14(17)18)3-2-4-11(8)19-7-12-15-13(16-20-12)9-5-6-9/h2-4,9H,5-7H2,1H3,(H,17,18). The van der Waals surface area contributed by atoms with E-state index in [4.69, 9.17) is 14.4 Å². The van der Waals surface area contributed by atoms with Crippen LogP contribution in [0, 0.1) is 6.92 Å². The predicted octanol–water partition coefficient (Wildman–Crippen LogP) is 2.53. The Kier molecular flexibility index (Phi) is 3.14. The lowest BCUT2D eigenvalue weighted by atomic mass is 10.1. The Morgan fingerprint density at radius 3 is 3.00 bits per heavy atom. The van der Waals surface area contributed by atoms with Gasteiger partial charge in [-0.3, -0.25) is 0 Å². The minimum atomic E-state index is -0.971. The average molecular weight is 274 g/mol. The van der Waals surface area contributed by atoms with Crippen molar-refractivity contribution >= 4 is 5.97 Å². The van der Waals surface area contributed by atoms with Crippen LogP contribution in [0.25, 0.3) is 0 Å². The number of ether oxygens (including phenoxy) is 1. The second kappa shape index (κ2) is 4.96. The molecule has 1 aliphatic carbocycles. The molecule has 0 saturated heterocycles. The number of carboxylic acids is 1. The summed E-state index contributed by atoms with van der Waals surface area (Å²) in [6, 6.07) is 4.91. The van der Waals surface area contributed by atoms with Crippen LogP contribution in [0.1, 0.15) is 46.4 Å². The van der Waals surface area contributed by atoms with Crippen molar-refractivity contribution in [1.29, 1.82) is 0 Å². The van der Waals surface area contributed by atoms with E-state index in [1.807, 2.05) is 0 Å². The summed E-state index contributed by atoms with van der Waals surface area (Å²) in [5, 5.41) is 12.9. The zero-order valence-electron chi connectivity index (χ0n) is 11.0. The van der Waals surface area contributed by atoms with Crippen molar-refractivity contribution in [2.24, 2.45) is 0 Å². The van der Waals surface area contributed by atoms with Crippen molar-refractivity contribution in [2.75, 3.05) is 0 Å². The molecule has 1 fully saturated rings. The van der Waals surface area contributed by atoms with Crippen molar-refractivity contribution in [2.45, 2.75) is 32.3 Å². The second-order valence-electron chi connectivity index (χ2n) is 4.84. The first-order valence-corrected chi connectivity index (χ1v) is 6.43. The predicted molar refractivity (Wildman–Crippen MR) is 68.7 cm³/mol. The zero-order chi connectivity index (χ0) is 14.1. The van der Waals surface area contributed by atoms with Crippen LogP contribution < -0.4 is 4.74 Å². The molecule has 1 aliphatic rings. The highest BCUT2D eigenvalue weighted by atomic mass is 16.5. The zero-order valence-corrected chi connectivity index (χ0v) is 11.0. The summed E-state index contributed by atoms with van der Waals surface area (Å²) in [6.45, 7) is 1.85. The minimum absolute atomic E-state index is 0.142. The number of aromatic carboxylic acids is 1. The van der Waals surface area contributed by atoms with Gasteiger partial charge in [0.25, 0.3) is 5.89 Å². The number of hydrogen-bond donors (Lipinski definition) is 1. The first-order chi connectivity index (χ1) is 9.65. The third-order valence-electron chi connectivity index (χ3n) is 3.29. The van der Waals surface area contributed by atoms with Gasteiger partial charge in [-0.1, -0.05) is 11.2 Å². The molecule has 3 rings (SSSR count). The van der Waals surface area contributed by atoms with Gasteiger partial charge in [0, 0.05) is 11.5 Å². The van der Waals surface area contributed by atoms with E-state index in [-0.39, 0.29) is 12.2 Å². The number of nitrogens with zero attached hydrogens (tertiary/aromatic N) is 2. The van der Waals surface area contributed by atoms with Crippen molar-refractivity contribution in [1.82, 2.24) is 10.1 Å². The summed E-state index contributed by atoms with van der Waals surface area (Å²) in [5.74, 6) is 1.12. The summed E-state index contributed by atoms with van der Waals surface area (Å²) in [5.41, 5.74) is 0.814.